The van der Waals surface area contributed by atoms with Crippen LogP contribution in [0.5, 0.6) is 0 Å². The number of alkyl halides is 3. The van der Waals surface area contributed by atoms with Gasteiger partial charge < -0.3 is 10.2 Å². The summed E-state index contributed by atoms with van der Waals surface area (Å²) in [6, 6.07) is 5.29. The van der Waals surface area contributed by atoms with Crippen molar-refractivity contribution < 1.29 is 18.0 Å². The molecule has 0 saturated carbocycles. The van der Waals surface area contributed by atoms with E-state index in [1.165, 1.54) is 4.80 Å². The molecule has 2 aromatic heterocycles. The standard InChI is InChI=1S/C20H22F3N7OS/c1-12-5-6-15(30-25-7-8-26-30)14(10-12)17(31)29-9-3-4-13(2)16(29)11-24-19-28-27-18(32-19)20(21,22)23/h5-8,10,13,16H,3-4,9,11H2,1-2H3,(H,24,28)/t13?,16-/m1/s1. The molecule has 1 fully saturated rings. The van der Waals surface area contributed by atoms with Gasteiger partial charge in [0, 0.05) is 13.1 Å². The molecule has 12 heteroatoms. The Hall–Kier alpha value is -3.02. The third-order valence-corrected chi connectivity index (χ3v) is 6.45. The van der Waals surface area contributed by atoms with E-state index in [1.807, 2.05) is 32.0 Å². The first-order valence-corrected chi connectivity index (χ1v) is 11.0. The van der Waals surface area contributed by atoms with Crippen molar-refractivity contribution in [1.29, 1.82) is 0 Å². The second-order valence-electron chi connectivity index (χ2n) is 7.82. The average molecular weight is 466 g/mol. The van der Waals surface area contributed by atoms with Gasteiger partial charge in [-0.25, -0.2) is 0 Å². The number of hydrogen-bond donors (Lipinski definition) is 1. The smallest absolute Gasteiger partial charge is 0.358 e. The Bertz CT molecular complexity index is 1080. The number of anilines is 1. The molecule has 32 heavy (non-hydrogen) atoms. The van der Waals surface area contributed by atoms with Gasteiger partial charge in [0.2, 0.25) is 10.1 Å². The van der Waals surface area contributed by atoms with E-state index >= 15 is 0 Å². The molecule has 8 nitrogen and oxygen atoms in total. The molecule has 2 atom stereocenters. The van der Waals surface area contributed by atoms with E-state index in [0.29, 0.717) is 29.1 Å². The fourth-order valence-corrected chi connectivity index (χ4v) is 4.52. The van der Waals surface area contributed by atoms with Gasteiger partial charge in [-0.15, -0.1) is 10.2 Å². The maximum atomic E-state index is 13.6. The van der Waals surface area contributed by atoms with E-state index in [0.717, 1.165) is 18.4 Å². The van der Waals surface area contributed by atoms with Crippen molar-refractivity contribution in [1.82, 2.24) is 30.1 Å². The zero-order chi connectivity index (χ0) is 22.9. The lowest BCUT2D eigenvalue weighted by atomic mass is 9.90. The minimum absolute atomic E-state index is 0.0829. The van der Waals surface area contributed by atoms with Crippen LogP contribution in [-0.4, -0.2) is 55.1 Å². The fraction of sp³-hybridized carbons (Fsp3) is 0.450. The molecular formula is C20H22F3N7OS. The number of aryl methyl sites for hydroxylation is 1. The predicted octanol–water partition coefficient (Wildman–Crippen LogP) is 3.80. The molecule has 0 bridgehead atoms. The van der Waals surface area contributed by atoms with Crippen molar-refractivity contribution in [2.75, 3.05) is 18.4 Å². The number of aromatic nitrogens is 5. The summed E-state index contributed by atoms with van der Waals surface area (Å²) in [4.78, 5) is 16.8. The Kier molecular flexibility index (Phi) is 6.13. The molecule has 170 valence electrons. The lowest BCUT2D eigenvalue weighted by Crippen LogP contribution is -2.51. The van der Waals surface area contributed by atoms with Crippen LogP contribution in [0.2, 0.25) is 0 Å². The van der Waals surface area contributed by atoms with Gasteiger partial charge in [0.25, 0.3) is 5.91 Å². The molecular weight excluding hydrogens is 443 g/mol. The topological polar surface area (TPSA) is 88.8 Å². The maximum absolute atomic E-state index is 13.6. The number of rotatable bonds is 5. The summed E-state index contributed by atoms with van der Waals surface area (Å²) >= 11 is 0.457. The van der Waals surface area contributed by atoms with Gasteiger partial charge in [-0.3, -0.25) is 4.79 Å². The summed E-state index contributed by atoms with van der Waals surface area (Å²) in [5.41, 5.74) is 1.99. The number of nitrogens with one attached hydrogen (secondary N) is 1. The number of likely N-dealkylation sites (tertiary alicyclic amines) is 1. The molecule has 1 aliphatic heterocycles. The molecule has 3 heterocycles. The average Bonchev–Trinajstić information content (AvgIpc) is 3.44. The summed E-state index contributed by atoms with van der Waals surface area (Å²) in [5, 5.41) is 17.1. The van der Waals surface area contributed by atoms with Gasteiger partial charge >= 0.3 is 6.18 Å². The van der Waals surface area contributed by atoms with E-state index in [2.05, 4.69) is 25.7 Å². The second-order valence-corrected chi connectivity index (χ2v) is 8.79. The van der Waals surface area contributed by atoms with Crippen molar-refractivity contribution in [3.05, 3.63) is 46.7 Å². The van der Waals surface area contributed by atoms with E-state index in [4.69, 9.17) is 0 Å². The van der Waals surface area contributed by atoms with Gasteiger partial charge in [-0.1, -0.05) is 29.9 Å². The number of nitrogens with zero attached hydrogens (tertiary/aromatic N) is 6. The number of amides is 1. The third kappa shape index (κ3) is 4.59. The van der Waals surface area contributed by atoms with Gasteiger partial charge in [-0.2, -0.15) is 28.2 Å². The van der Waals surface area contributed by atoms with Crippen LogP contribution >= 0.6 is 11.3 Å². The lowest BCUT2D eigenvalue weighted by Gasteiger charge is -2.40. The second kappa shape index (κ2) is 8.85. The van der Waals surface area contributed by atoms with Crippen LogP contribution in [0.4, 0.5) is 18.3 Å². The van der Waals surface area contributed by atoms with E-state index in [1.54, 1.807) is 17.3 Å². The van der Waals surface area contributed by atoms with Crippen molar-refractivity contribution in [3.63, 3.8) is 0 Å². The molecule has 1 saturated heterocycles. The van der Waals surface area contributed by atoms with Crippen molar-refractivity contribution in [3.8, 4) is 5.69 Å². The molecule has 1 N–H and O–H groups in total. The first-order valence-electron chi connectivity index (χ1n) is 10.2. The molecule has 1 aliphatic rings. The maximum Gasteiger partial charge on any atom is 0.445 e. The highest BCUT2D eigenvalue weighted by molar-refractivity contribution is 7.15. The minimum atomic E-state index is -4.53. The molecule has 1 aromatic carbocycles. The predicted molar refractivity (Wildman–Crippen MR) is 113 cm³/mol. The molecule has 1 unspecified atom stereocenters. The molecule has 0 radical (unpaired) electrons. The monoisotopic (exact) mass is 465 g/mol. The number of piperidine rings is 1. The molecule has 4 rings (SSSR count). The number of carbonyl (C=O) groups is 1. The quantitative estimate of drug-likeness (QED) is 0.617. The third-order valence-electron chi connectivity index (χ3n) is 5.52. The highest BCUT2D eigenvalue weighted by Gasteiger charge is 2.37. The number of carbonyl (C=O) groups excluding carboxylic acids is 1. The van der Waals surface area contributed by atoms with Crippen LogP contribution in [0, 0.1) is 12.8 Å². The highest BCUT2D eigenvalue weighted by atomic mass is 32.1. The summed E-state index contributed by atoms with van der Waals surface area (Å²) in [6.07, 6.45) is 0.324. The first kappa shape index (κ1) is 22.2. The van der Waals surface area contributed by atoms with E-state index in [9.17, 15) is 18.0 Å². The van der Waals surface area contributed by atoms with Crippen LogP contribution in [0.25, 0.3) is 5.69 Å². The van der Waals surface area contributed by atoms with Crippen molar-refractivity contribution in [2.24, 2.45) is 5.92 Å². The van der Waals surface area contributed by atoms with Gasteiger partial charge in [0.05, 0.1) is 29.7 Å². The number of halogens is 3. The Morgan fingerprint density at radius 3 is 2.69 bits per heavy atom. The van der Waals surface area contributed by atoms with Crippen molar-refractivity contribution in [2.45, 2.75) is 38.9 Å². The lowest BCUT2D eigenvalue weighted by molar-refractivity contribution is -0.138. The van der Waals surface area contributed by atoms with Crippen LogP contribution in [0.15, 0.2) is 30.6 Å². The zero-order valence-electron chi connectivity index (χ0n) is 17.5. The fourth-order valence-electron chi connectivity index (χ4n) is 3.90. The molecule has 0 spiro atoms. The van der Waals surface area contributed by atoms with Crippen LogP contribution < -0.4 is 5.32 Å². The molecule has 0 aliphatic carbocycles. The Labute approximate surface area is 186 Å². The normalized spacial score (nSPS) is 19.2. The van der Waals surface area contributed by atoms with Gasteiger partial charge in [0.15, 0.2) is 0 Å². The zero-order valence-corrected chi connectivity index (χ0v) is 18.3. The number of benzene rings is 1. The van der Waals surface area contributed by atoms with Crippen LogP contribution in [-0.2, 0) is 6.18 Å². The molecule has 3 aromatic rings. The molecule has 1 amide bonds. The van der Waals surface area contributed by atoms with Crippen LogP contribution in [0.3, 0.4) is 0 Å². The SMILES string of the molecule is Cc1ccc(-n2nccn2)c(C(=O)N2CCCC(C)[C@H]2CNc2nnc(C(F)(F)F)s2)c1. The summed E-state index contributed by atoms with van der Waals surface area (Å²) in [7, 11) is 0. The summed E-state index contributed by atoms with van der Waals surface area (Å²) in [6.45, 7) is 4.78. The van der Waals surface area contributed by atoms with E-state index in [-0.39, 0.29) is 29.5 Å². The van der Waals surface area contributed by atoms with Gasteiger partial charge in [0.1, 0.15) is 0 Å². The Balaban J connectivity index is 1.57. The van der Waals surface area contributed by atoms with Crippen LogP contribution in [0.1, 0.15) is 40.7 Å². The van der Waals surface area contributed by atoms with Gasteiger partial charge in [-0.05, 0) is 37.8 Å². The van der Waals surface area contributed by atoms with E-state index < -0.39 is 11.2 Å². The largest absolute Gasteiger partial charge is 0.445 e. The highest BCUT2D eigenvalue weighted by Crippen LogP contribution is 2.33. The Morgan fingerprint density at radius 2 is 2.00 bits per heavy atom. The summed E-state index contributed by atoms with van der Waals surface area (Å²) < 4.78 is 38.4. The van der Waals surface area contributed by atoms with Crippen molar-refractivity contribution >= 4 is 22.4 Å². The minimum Gasteiger partial charge on any atom is -0.358 e. The number of hydrogen-bond acceptors (Lipinski definition) is 7. The summed E-state index contributed by atoms with van der Waals surface area (Å²) in [5.74, 6) is -0.00103. The first-order chi connectivity index (χ1) is 15.2. The Morgan fingerprint density at radius 1 is 1.25 bits per heavy atom.